The smallest absolute Gasteiger partial charge is 0.131 e. The van der Waals surface area contributed by atoms with E-state index in [0.717, 1.165) is 12.1 Å². The second-order valence-electron chi connectivity index (χ2n) is 2.40. The van der Waals surface area contributed by atoms with E-state index in [2.05, 4.69) is 0 Å². The molecule has 2 N–H and O–H groups in total. The fraction of sp³-hybridized carbons (Fsp3) is 0.250. The van der Waals surface area contributed by atoms with E-state index in [9.17, 15) is 13.2 Å². The summed E-state index contributed by atoms with van der Waals surface area (Å²) in [5.41, 5.74) is 4.75. The van der Waals surface area contributed by atoms with Crippen molar-refractivity contribution in [2.45, 2.75) is 6.04 Å². The highest BCUT2D eigenvalue weighted by Crippen LogP contribution is 2.18. The highest BCUT2D eigenvalue weighted by molar-refractivity contribution is 5.22. The largest absolute Gasteiger partial charge is 0.322 e. The van der Waals surface area contributed by atoms with Crippen LogP contribution in [0.5, 0.6) is 0 Å². The zero-order valence-electron chi connectivity index (χ0n) is 6.23. The maximum Gasteiger partial charge on any atom is 0.131 e. The van der Waals surface area contributed by atoms with Crippen molar-refractivity contribution < 1.29 is 13.2 Å². The summed E-state index contributed by atoms with van der Waals surface area (Å²) in [6.07, 6.45) is 0. The van der Waals surface area contributed by atoms with Crippen LogP contribution in [0.4, 0.5) is 13.2 Å². The molecule has 0 fully saturated rings. The average Bonchev–Trinajstić information content (AvgIpc) is 2.03. The monoisotopic (exact) mass is 175 g/mol. The lowest BCUT2D eigenvalue weighted by atomic mass is 10.1. The molecule has 0 saturated heterocycles. The summed E-state index contributed by atoms with van der Waals surface area (Å²) >= 11 is 0. The maximum atomic E-state index is 12.8. The molecule has 1 unspecified atom stereocenters. The van der Waals surface area contributed by atoms with Gasteiger partial charge in [-0.15, -0.1) is 0 Å². The fourth-order valence-electron chi connectivity index (χ4n) is 0.942. The standard InChI is InChI=1S/C8H8F3N/c9-4-7(12)8-5(10)2-1-3-6(8)11/h1-3,7H,4,12H2. The van der Waals surface area contributed by atoms with Gasteiger partial charge in [0.2, 0.25) is 0 Å². The van der Waals surface area contributed by atoms with Gasteiger partial charge in [0.15, 0.2) is 0 Å². The van der Waals surface area contributed by atoms with E-state index >= 15 is 0 Å². The molecule has 0 heterocycles. The van der Waals surface area contributed by atoms with Crippen molar-refractivity contribution >= 4 is 0 Å². The van der Waals surface area contributed by atoms with Gasteiger partial charge in [-0.2, -0.15) is 0 Å². The molecule has 0 radical (unpaired) electrons. The molecule has 0 aliphatic heterocycles. The van der Waals surface area contributed by atoms with Gasteiger partial charge in [0.05, 0.1) is 6.04 Å². The molecule has 0 aliphatic rings. The highest BCUT2D eigenvalue weighted by Gasteiger charge is 2.15. The Balaban J connectivity index is 3.12. The molecule has 0 amide bonds. The molecular formula is C8H8F3N. The molecule has 0 aromatic heterocycles. The molecule has 1 rings (SSSR count). The number of hydrogen-bond acceptors (Lipinski definition) is 1. The van der Waals surface area contributed by atoms with Crippen molar-refractivity contribution in [3.63, 3.8) is 0 Å². The summed E-state index contributed by atoms with van der Waals surface area (Å²) in [6, 6.07) is 2.09. The molecule has 0 aliphatic carbocycles. The predicted molar refractivity (Wildman–Crippen MR) is 39.3 cm³/mol. The number of benzene rings is 1. The third-order valence-corrected chi connectivity index (χ3v) is 1.54. The summed E-state index contributed by atoms with van der Waals surface area (Å²) < 4.78 is 37.6. The molecule has 1 aromatic rings. The van der Waals surface area contributed by atoms with Crippen LogP contribution in [0.25, 0.3) is 0 Å². The van der Waals surface area contributed by atoms with E-state index in [1.807, 2.05) is 0 Å². The second kappa shape index (κ2) is 3.58. The first-order valence-corrected chi connectivity index (χ1v) is 3.42. The van der Waals surface area contributed by atoms with Crippen LogP contribution in [0.1, 0.15) is 11.6 Å². The number of rotatable bonds is 2. The van der Waals surface area contributed by atoms with Crippen molar-refractivity contribution in [1.82, 2.24) is 0 Å². The van der Waals surface area contributed by atoms with Gasteiger partial charge < -0.3 is 5.73 Å². The Labute approximate surface area is 68.0 Å². The lowest BCUT2D eigenvalue weighted by molar-refractivity contribution is 0.413. The lowest BCUT2D eigenvalue weighted by Gasteiger charge is -2.08. The van der Waals surface area contributed by atoms with Gasteiger partial charge in [-0.05, 0) is 12.1 Å². The molecule has 1 atom stereocenters. The Bertz CT molecular complexity index is 255. The normalized spacial score (nSPS) is 13.0. The first kappa shape index (κ1) is 9.06. The van der Waals surface area contributed by atoms with Crippen molar-refractivity contribution in [2.24, 2.45) is 5.73 Å². The molecule has 1 aromatic carbocycles. The Morgan fingerprint density at radius 1 is 1.25 bits per heavy atom. The molecule has 4 heteroatoms. The Hall–Kier alpha value is -1.03. The van der Waals surface area contributed by atoms with E-state index in [1.54, 1.807) is 0 Å². The van der Waals surface area contributed by atoms with Crippen LogP contribution >= 0.6 is 0 Å². The van der Waals surface area contributed by atoms with Crippen molar-refractivity contribution in [1.29, 1.82) is 0 Å². The summed E-state index contributed by atoms with van der Waals surface area (Å²) in [6.45, 7) is -0.974. The molecule has 0 spiro atoms. The van der Waals surface area contributed by atoms with Crippen LogP contribution in [0.3, 0.4) is 0 Å². The van der Waals surface area contributed by atoms with E-state index in [-0.39, 0.29) is 5.56 Å². The third kappa shape index (κ3) is 1.58. The van der Waals surface area contributed by atoms with E-state index in [0.29, 0.717) is 0 Å². The van der Waals surface area contributed by atoms with Gasteiger partial charge in [0.25, 0.3) is 0 Å². The van der Waals surface area contributed by atoms with Gasteiger partial charge >= 0.3 is 0 Å². The Morgan fingerprint density at radius 3 is 2.17 bits per heavy atom. The Kier molecular flexibility index (Phi) is 2.70. The van der Waals surface area contributed by atoms with Crippen molar-refractivity contribution in [2.75, 3.05) is 6.67 Å². The van der Waals surface area contributed by atoms with Crippen molar-refractivity contribution in [3.05, 3.63) is 35.4 Å². The molecule has 0 saturated carbocycles. The minimum atomic E-state index is -1.22. The zero-order valence-corrected chi connectivity index (χ0v) is 6.23. The molecular weight excluding hydrogens is 167 g/mol. The van der Waals surface area contributed by atoms with E-state index < -0.39 is 24.4 Å². The van der Waals surface area contributed by atoms with E-state index in [1.165, 1.54) is 6.07 Å². The molecule has 0 bridgehead atoms. The lowest BCUT2D eigenvalue weighted by Crippen LogP contribution is -2.15. The quantitative estimate of drug-likeness (QED) is 0.730. The predicted octanol–water partition coefficient (Wildman–Crippen LogP) is 1.93. The number of alkyl halides is 1. The zero-order chi connectivity index (χ0) is 9.14. The summed E-state index contributed by atoms with van der Waals surface area (Å²) in [5.74, 6) is -1.61. The van der Waals surface area contributed by atoms with Gasteiger partial charge in [-0.1, -0.05) is 6.07 Å². The van der Waals surface area contributed by atoms with Crippen LogP contribution in [-0.4, -0.2) is 6.67 Å². The summed E-state index contributed by atoms with van der Waals surface area (Å²) in [5, 5.41) is 0. The summed E-state index contributed by atoms with van der Waals surface area (Å²) in [7, 11) is 0. The first-order valence-electron chi connectivity index (χ1n) is 3.42. The molecule has 1 nitrogen and oxygen atoms in total. The first-order chi connectivity index (χ1) is 5.66. The SMILES string of the molecule is NC(CF)c1c(F)cccc1F. The van der Waals surface area contributed by atoms with Gasteiger partial charge in [0.1, 0.15) is 18.3 Å². The van der Waals surface area contributed by atoms with Crippen LogP contribution in [0.2, 0.25) is 0 Å². The van der Waals surface area contributed by atoms with Crippen LogP contribution in [0, 0.1) is 11.6 Å². The van der Waals surface area contributed by atoms with Crippen LogP contribution in [-0.2, 0) is 0 Å². The van der Waals surface area contributed by atoms with Gasteiger partial charge in [0, 0.05) is 5.56 Å². The van der Waals surface area contributed by atoms with Crippen LogP contribution < -0.4 is 5.73 Å². The number of nitrogens with two attached hydrogens (primary N) is 1. The van der Waals surface area contributed by atoms with Gasteiger partial charge in [-0.25, -0.2) is 13.2 Å². The second-order valence-corrected chi connectivity index (χ2v) is 2.40. The third-order valence-electron chi connectivity index (χ3n) is 1.54. The van der Waals surface area contributed by atoms with E-state index in [4.69, 9.17) is 5.73 Å². The minimum Gasteiger partial charge on any atom is -0.322 e. The summed E-state index contributed by atoms with van der Waals surface area (Å²) in [4.78, 5) is 0. The Morgan fingerprint density at radius 2 is 1.75 bits per heavy atom. The molecule has 66 valence electrons. The average molecular weight is 175 g/mol. The number of halogens is 3. The van der Waals surface area contributed by atoms with Crippen molar-refractivity contribution in [3.8, 4) is 0 Å². The van der Waals surface area contributed by atoms with Crippen LogP contribution in [0.15, 0.2) is 18.2 Å². The topological polar surface area (TPSA) is 26.0 Å². The highest BCUT2D eigenvalue weighted by atomic mass is 19.1. The minimum absolute atomic E-state index is 0.389. The molecule has 12 heavy (non-hydrogen) atoms. The van der Waals surface area contributed by atoms with Gasteiger partial charge in [-0.3, -0.25) is 0 Å². The maximum absolute atomic E-state index is 12.8. The fourth-order valence-corrected chi connectivity index (χ4v) is 0.942. The number of hydrogen-bond donors (Lipinski definition) is 1.